The largest absolute Gasteiger partial charge is 0.493 e. The molecule has 258 valence electrons. The van der Waals surface area contributed by atoms with Crippen LogP contribution in [0.2, 0.25) is 10.0 Å². The summed E-state index contributed by atoms with van der Waals surface area (Å²) in [5.41, 5.74) is 4.05. The molecule has 2 saturated heterocycles. The van der Waals surface area contributed by atoms with Crippen molar-refractivity contribution in [3.63, 3.8) is 0 Å². The highest BCUT2D eigenvalue weighted by Crippen LogP contribution is 2.46. The monoisotopic (exact) mass is 701 g/mol. The maximum atomic E-state index is 15.8. The summed E-state index contributed by atoms with van der Waals surface area (Å²) >= 11 is 13.6. The summed E-state index contributed by atoms with van der Waals surface area (Å²) in [6.45, 7) is 6.38. The van der Waals surface area contributed by atoms with E-state index in [1.807, 2.05) is 43.3 Å². The van der Waals surface area contributed by atoms with Gasteiger partial charge in [-0.15, -0.1) is 0 Å². The molecule has 0 saturated carbocycles. The Bertz CT molecular complexity index is 1590. The lowest BCUT2D eigenvalue weighted by molar-refractivity contribution is -0.119. The highest BCUT2D eigenvalue weighted by molar-refractivity contribution is 6.35. The molecular weight excluding hydrogens is 659 g/mol. The van der Waals surface area contributed by atoms with Crippen LogP contribution in [0, 0.1) is 0 Å². The molecule has 0 unspecified atom stereocenters. The van der Waals surface area contributed by atoms with Gasteiger partial charge in [-0.25, -0.2) is 8.78 Å². The minimum Gasteiger partial charge on any atom is -0.493 e. The van der Waals surface area contributed by atoms with Crippen molar-refractivity contribution >= 4 is 29.1 Å². The molecule has 3 aliphatic rings. The van der Waals surface area contributed by atoms with E-state index < -0.39 is 18.4 Å². The number of carbonyl (C=O) groups excluding carboxylic acids is 1. The predicted octanol–water partition coefficient (Wildman–Crippen LogP) is 7.64. The first-order valence-electron chi connectivity index (χ1n) is 17.0. The first kappa shape index (κ1) is 34.7. The van der Waals surface area contributed by atoms with E-state index in [9.17, 15) is 9.18 Å². The Balaban J connectivity index is 1.14. The predicted molar refractivity (Wildman–Crippen MR) is 185 cm³/mol. The molecule has 2 aliphatic heterocycles. The SMILES string of the molecule is CCOc1cc(O[C@@H]2c3cccc(-c4cccc(OCCCN5CCC(F)CC5)c4Cl)c3C[C@@H]2F)c(Cl)cc1CNC[C@H]1CCC(=O)N1. The van der Waals surface area contributed by atoms with Gasteiger partial charge in [0.25, 0.3) is 0 Å². The summed E-state index contributed by atoms with van der Waals surface area (Å²) in [6.07, 6.45) is 0.691. The van der Waals surface area contributed by atoms with Gasteiger partial charge in [-0.05, 0) is 61.4 Å². The number of amides is 1. The van der Waals surface area contributed by atoms with Crippen molar-refractivity contribution in [2.75, 3.05) is 39.4 Å². The summed E-state index contributed by atoms with van der Waals surface area (Å²) in [5, 5.41) is 7.17. The van der Waals surface area contributed by atoms with Crippen LogP contribution in [0.25, 0.3) is 11.1 Å². The fraction of sp³-hybridized carbons (Fsp3) is 0.486. The zero-order chi connectivity index (χ0) is 33.6. The van der Waals surface area contributed by atoms with Gasteiger partial charge in [0.1, 0.15) is 29.6 Å². The minimum absolute atomic E-state index is 0.0773. The van der Waals surface area contributed by atoms with E-state index in [-0.39, 0.29) is 18.4 Å². The van der Waals surface area contributed by atoms with Crippen LogP contribution >= 0.6 is 23.2 Å². The van der Waals surface area contributed by atoms with Gasteiger partial charge in [0.05, 0.1) is 23.3 Å². The van der Waals surface area contributed by atoms with Crippen LogP contribution in [0.4, 0.5) is 8.78 Å². The Hall–Kier alpha value is -3.11. The lowest BCUT2D eigenvalue weighted by Crippen LogP contribution is -2.35. The van der Waals surface area contributed by atoms with Crippen molar-refractivity contribution in [2.45, 2.75) is 76.5 Å². The minimum atomic E-state index is -1.30. The number of alkyl halides is 2. The zero-order valence-electron chi connectivity index (χ0n) is 27.2. The molecular formula is C37H43Cl2F2N3O4. The van der Waals surface area contributed by atoms with E-state index in [0.717, 1.165) is 60.3 Å². The van der Waals surface area contributed by atoms with Crippen LogP contribution in [-0.2, 0) is 17.8 Å². The number of hydrogen-bond acceptors (Lipinski definition) is 6. The van der Waals surface area contributed by atoms with Gasteiger partial charge in [0.15, 0.2) is 6.10 Å². The van der Waals surface area contributed by atoms with E-state index in [2.05, 4.69) is 15.5 Å². The van der Waals surface area contributed by atoms with E-state index >= 15 is 4.39 Å². The second kappa shape index (κ2) is 16.1. The van der Waals surface area contributed by atoms with Crippen LogP contribution in [0.3, 0.4) is 0 Å². The number of rotatable bonds is 14. The lowest BCUT2D eigenvalue weighted by atomic mass is 9.96. The molecule has 3 aromatic rings. The van der Waals surface area contributed by atoms with Crippen LogP contribution in [0.5, 0.6) is 17.2 Å². The molecule has 7 nitrogen and oxygen atoms in total. The van der Waals surface area contributed by atoms with Gasteiger partial charge in [-0.3, -0.25) is 4.79 Å². The fourth-order valence-electron chi connectivity index (χ4n) is 6.85. The molecule has 11 heteroatoms. The number of hydrogen-bond donors (Lipinski definition) is 2. The van der Waals surface area contributed by atoms with Crippen LogP contribution < -0.4 is 24.8 Å². The van der Waals surface area contributed by atoms with Crippen molar-refractivity contribution in [1.82, 2.24) is 15.5 Å². The fourth-order valence-corrected chi connectivity index (χ4v) is 7.37. The van der Waals surface area contributed by atoms with Crippen LogP contribution in [0.15, 0.2) is 48.5 Å². The number of nitrogens with zero attached hydrogens (tertiary/aromatic N) is 1. The number of ether oxygens (including phenoxy) is 3. The molecule has 1 aliphatic carbocycles. The van der Waals surface area contributed by atoms with E-state index in [1.54, 1.807) is 12.1 Å². The van der Waals surface area contributed by atoms with E-state index in [1.165, 1.54) is 0 Å². The number of likely N-dealkylation sites (tertiary alicyclic amines) is 1. The molecule has 3 aromatic carbocycles. The standard InChI is InChI=1S/C37H43Cl2F2N3O4/c1-2-46-33-20-34(30(38)18-23(33)21-42-22-25-10-11-35(45)43-25)48-37-28-8-3-6-26(29(28)19-31(37)41)27-7-4-9-32(36(27)39)47-17-5-14-44-15-12-24(40)13-16-44/h3-4,6-9,18,20,24-25,31,37,42H,2,5,10-17,19,21-22H2,1H3,(H,43,45)/t25-,31+,37-/m1/s1. The number of benzene rings is 3. The van der Waals surface area contributed by atoms with Gasteiger partial charge in [-0.2, -0.15) is 0 Å². The Kier molecular flexibility index (Phi) is 11.6. The molecule has 3 atom stereocenters. The number of nitrogens with one attached hydrogen (secondary N) is 2. The molecule has 0 spiro atoms. The summed E-state index contributed by atoms with van der Waals surface area (Å²) in [6, 6.07) is 15.0. The number of fused-ring (bicyclic) bond motifs is 1. The highest BCUT2D eigenvalue weighted by atomic mass is 35.5. The molecule has 2 fully saturated rings. The Morgan fingerprint density at radius 3 is 2.54 bits per heavy atom. The quantitative estimate of drug-likeness (QED) is 0.168. The van der Waals surface area contributed by atoms with Gasteiger partial charge < -0.3 is 29.7 Å². The van der Waals surface area contributed by atoms with Gasteiger partial charge in [-0.1, -0.05) is 53.5 Å². The summed E-state index contributed by atoms with van der Waals surface area (Å²) in [4.78, 5) is 13.8. The van der Waals surface area contributed by atoms with Crippen molar-refractivity contribution in [3.8, 4) is 28.4 Å². The Labute approximate surface area is 291 Å². The van der Waals surface area contributed by atoms with Crippen molar-refractivity contribution < 1.29 is 27.8 Å². The molecule has 48 heavy (non-hydrogen) atoms. The maximum absolute atomic E-state index is 15.8. The third kappa shape index (κ3) is 8.19. The van der Waals surface area contributed by atoms with E-state index in [0.29, 0.717) is 72.9 Å². The average molecular weight is 703 g/mol. The van der Waals surface area contributed by atoms with Crippen LogP contribution in [-0.4, -0.2) is 68.6 Å². The Morgan fingerprint density at radius 2 is 1.77 bits per heavy atom. The third-order valence-electron chi connectivity index (χ3n) is 9.35. The third-order valence-corrected chi connectivity index (χ3v) is 10.0. The second-order valence-corrected chi connectivity index (χ2v) is 13.5. The lowest BCUT2D eigenvalue weighted by Gasteiger charge is -2.28. The average Bonchev–Trinajstić information content (AvgIpc) is 3.64. The maximum Gasteiger partial charge on any atom is 0.220 e. The van der Waals surface area contributed by atoms with Gasteiger partial charge >= 0.3 is 0 Å². The van der Waals surface area contributed by atoms with Gasteiger partial charge in [0.2, 0.25) is 5.91 Å². The van der Waals surface area contributed by atoms with Crippen molar-refractivity contribution in [3.05, 3.63) is 75.3 Å². The van der Waals surface area contributed by atoms with Gasteiger partial charge in [0, 0.05) is 68.8 Å². The molecule has 1 amide bonds. The molecule has 0 aromatic heterocycles. The molecule has 2 N–H and O–H groups in total. The summed E-state index contributed by atoms with van der Waals surface area (Å²) < 4.78 is 47.6. The van der Waals surface area contributed by atoms with Crippen LogP contribution in [0.1, 0.15) is 61.8 Å². The number of piperidine rings is 1. The highest BCUT2D eigenvalue weighted by Gasteiger charge is 2.37. The normalized spacial score (nSPS) is 21.3. The number of halogens is 4. The molecule has 6 rings (SSSR count). The molecule has 0 radical (unpaired) electrons. The van der Waals surface area contributed by atoms with E-state index in [4.69, 9.17) is 37.4 Å². The zero-order valence-corrected chi connectivity index (χ0v) is 28.7. The smallest absolute Gasteiger partial charge is 0.220 e. The summed E-state index contributed by atoms with van der Waals surface area (Å²) in [5.74, 6) is 1.61. The number of carbonyl (C=O) groups is 1. The Morgan fingerprint density at radius 1 is 0.979 bits per heavy atom. The summed E-state index contributed by atoms with van der Waals surface area (Å²) in [7, 11) is 0. The van der Waals surface area contributed by atoms with Crippen molar-refractivity contribution in [2.24, 2.45) is 0 Å². The molecule has 2 heterocycles. The molecule has 0 bridgehead atoms. The van der Waals surface area contributed by atoms with Crippen molar-refractivity contribution in [1.29, 1.82) is 0 Å². The first-order valence-corrected chi connectivity index (χ1v) is 17.7. The first-order chi connectivity index (χ1) is 23.3. The topological polar surface area (TPSA) is 72.1 Å². The second-order valence-electron chi connectivity index (χ2n) is 12.7.